The summed E-state index contributed by atoms with van der Waals surface area (Å²) in [7, 11) is 0. The molecule has 0 aliphatic rings. The van der Waals surface area contributed by atoms with Crippen molar-refractivity contribution in [2.75, 3.05) is 6.54 Å². The van der Waals surface area contributed by atoms with Crippen molar-refractivity contribution in [2.24, 2.45) is 11.5 Å². The van der Waals surface area contributed by atoms with E-state index in [1.807, 2.05) is 0 Å². The van der Waals surface area contributed by atoms with Gasteiger partial charge >= 0.3 is 5.97 Å². The highest BCUT2D eigenvalue weighted by molar-refractivity contribution is 5.94. The van der Waals surface area contributed by atoms with Gasteiger partial charge in [-0.3, -0.25) is 19.2 Å². The monoisotopic (exact) mass is 352 g/mol. The molecule has 0 saturated heterocycles. The Bertz CT molecular complexity index is 646. The van der Waals surface area contributed by atoms with Crippen LogP contribution in [0.5, 0.6) is 5.75 Å². The van der Waals surface area contributed by atoms with Crippen molar-refractivity contribution in [1.82, 2.24) is 10.6 Å². The topological polar surface area (TPSA) is 185 Å². The van der Waals surface area contributed by atoms with E-state index in [-0.39, 0.29) is 12.2 Å². The number of carboxylic acid groups (broad SMARTS) is 1. The van der Waals surface area contributed by atoms with Gasteiger partial charge in [0.2, 0.25) is 17.7 Å². The zero-order chi connectivity index (χ0) is 19.0. The molecule has 3 amide bonds. The molecule has 1 aromatic rings. The fraction of sp³-hybridized carbons (Fsp3) is 0.333. The van der Waals surface area contributed by atoms with E-state index in [1.54, 1.807) is 12.1 Å². The Hall–Kier alpha value is -3.14. The Labute approximate surface area is 143 Å². The number of benzene rings is 1. The van der Waals surface area contributed by atoms with Crippen molar-refractivity contribution in [1.29, 1.82) is 0 Å². The number of nitrogens with two attached hydrogens (primary N) is 2. The highest BCUT2D eigenvalue weighted by Gasteiger charge is 2.25. The van der Waals surface area contributed by atoms with Crippen LogP contribution in [0.2, 0.25) is 0 Å². The van der Waals surface area contributed by atoms with E-state index in [9.17, 15) is 24.3 Å². The first-order valence-corrected chi connectivity index (χ1v) is 7.30. The van der Waals surface area contributed by atoms with E-state index in [0.717, 1.165) is 0 Å². The zero-order valence-corrected chi connectivity index (χ0v) is 13.3. The molecule has 10 heteroatoms. The van der Waals surface area contributed by atoms with Gasteiger partial charge in [-0.25, -0.2) is 0 Å². The minimum Gasteiger partial charge on any atom is -0.508 e. The number of aromatic hydroxyl groups is 1. The summed E-state index contributed by atoms with van der Waals surface area (Å²) in [5, 5.41) is 22.1. The number of phenolic OH excluding ortho intramolecular Hbond substituents is 1. The zero-order valence-electron chi connectivity index (χ0n) is 13.3. The molecule has 0 bridgehead atoms. The Kier molecular flexibility index (Phi) is 7.35. The molecule has 0 aliphatic heterocycles. The highest BCUT2D eigenvalue weighted by Crippen LogP contribution is 2.11. The third kappa shape index (κ3) is 7.31. The molecule has 136 valence electrons. The number of hydrogen-bond donors (Lipinski definition) is 6. The van der Waals surface area contributed by atoms with Crippen LogP contribution in [-0.4, -0.2) is 52.5 Å². The number of carbonyl (C=O) groups excluding carboxylic acids is 3. The molecular formula is C15H20N4O6. The maximum atomic E-state index is 12.1. The van der Waals surface area contributed by atoms with E-state index in [0.29, 0.717) is 5.56 Å². The van der Waals surface area contributed by atoms with Crippen LogP contribution in [0.15, 0.2) is 24.3 Å². The lowest BCUT2D eigenvalue weighted by atomic mass is 10.0. The average Bonchev–Trinajstić information content (AvgIpc) is 2.53. The quantitative estimate of drug-likeness (QED) is 0.292. The summed E-state index contributed by atoms with van der Waals surface area (Å²) >= 11 is 0. The van der Waals surface area contributed by atoms with Crippen molar-refractivity contribution >= 4 is 23.7 Å². The standard InChI is InChI=1S/C15H20N4O6/c16-10(5-8-1-3-9(20)4-2-8)14(24)19-11(6-12(17)21)15(25)18-7-13(22)23/h1-4,10-11,20H,5-7,16H2,(H2,17,21)(H,18,25)(H,19,24)(H,22,23)/t10-,11-/m0/s1. The Morgan fingerprint density at radius 1 is 1.08 bits per heavy atom. The Morgan fingerprint density at radius 2 is 1.68 bits per heavy atom. The minimum absolute atomic E-state index is 0.0680. The van der Waals surface area contributed by atoms with Gasteiger partial charge in [0.15, 0.2) is 0 Å². The highest BCUT2D eigenvalue weighted by atomic mass is 16.4. The van der Waals surface area contributed by atoms with E-state index >= 15 is 0 Å². The van der Waals surface area contributed by atoms with Crippen LogP contribution in [0.1, 0.15) is 12.0 Å². The van der Waals surface area contributed by atoms with Crippen molar-refractivity contribution in [3.8, 4) is 5.75 Å². The molecule has 2 atom stereocenters. The number of hydrogen-bond acceptors (Lipinski definition) is 6. The van der Waals surface area contributed by atoms with Crippen molar-refractivity contribution < 1.29 is 29.4 Å². The van der Waals surface area contributed by atoms with Gasteiger partial charge in [-0.1, -0.05) is 12.1 Å². The molecule has 8 N–H and O–H groups in total. The van der Waals surface area contributed by atoms with Crippen LogP contribution in [0.25, 0.3) is 0 Å². The molecule has 0 heterocycles. The van der Waals surface area contributed by atoms with Crippen LogP contribution in [-0.2, 0) is 25.6 Å². The SMILES string of the molecule is NC(=O)C[C@H](NC(=O)[C@@H](N)Cc1ccc(O)cc1)C(=O)NCC(=O)O. The molecule has 0 aromatic heterocycles. The molecule has 1 rings (SSSR count). The lowest BCUT2D eigenvalue weighted by Gasteiger charge is -2.19. The summed E-state index contributed by atoms with van der Waals surface area (Å²) in [6, 6.07) is 3.71. The second-order valence-electron chi connectivity index (χ2n) is 5.32. The van der Waals surface area contributed by atoms with E-state index < -0.39 is 48.7 Å². The van der Waals surface area contributed by atoms with Crippen LogP contribution in [0.4, 0.5) is 0 Å². The van der Waals surface area contributed by atoms with E-state index in [2.05, 4.69) is 10.6 Å². The van der Waals surface area contributed by atoms with Gasteiger partial charge in [-0.2, -0.15) is 0 Å². The molecular weight excluding hydrogens is 332 g/mol. The Morgan fingerprint density at radius 3 is 2.20 bits per heavy atom. The minimum atomic E-state index is -1.32. The fourth-order valence-electron chi connectivity index (χ4n) is 1.95. The normalized spacial score (nSPS) is 12.7. The number of rotatable bonds is 9. The fourth-order valence-corrected chi connectivity index (χ4v) is 1.95. The van der Waals surface area contributed by atoms with Crippen LogP contribution >= 0.6 is 0 Å². The van der Waals surface area contributed by atoms with Gasteiger partial charge in [0, 0.05) is 0 Å². The predicted molar refractivity (Wildman–Crippen MR) is 86.2 cm³/mol. The van der Waals surface area contributed by atoms with Crippen LogP contribution in [0, 0.1) is 0 Å². The summed E-state index contributed by atoms with van der Waals surface area (Å²) in [6.45, 7) is -0.663. The Balaban J connectivity index is 2.68. The van der Waals surface area contributed by atoms with E-state index in [4.69, 9.17) is 16.6 Å². The molecule has 10 nitrogen and oxygen atoms in total. The van der Waals surface area contributed by atoms with Crippen LogP contribution in [0.3, 0.4) is 0 Å². The van der Waals surface area contributed by atoms with Gasteiger partial charge in [0.05, 0.1) is 12.5 Å². The lowest BCUT2D eigenvalue weighted by Crippen LogP contribution is -2.53. The first kappa shape index (κ1) is 19.9. The predicted octanol–water partition coefficient (Wildman–Crippen LogP) is -2.18. The molecule has 0 fully saturated rings. The number of primary amides is 1. The molecule has 1 aromatic carbocycles. The second kappa shape index (κ2) is 9.23. The third-order valence-electron chi connectivity index (χ3n) is 3.18. The second-order valence-corrected chi connectivity index (χ2v) is 5.32. The number of nitrogens with one attached hydrogen (secondary N) is 2. The number of aliphatic carboxylic acids is 1. The van der Waals surface area contributed by atoms with E-state index in [1.165, 1.54) is 12.1 Å². The molecule has 0 radical (unpaired) electrons. The molecule has 0 spiro atoms. The lowest BCUT2D eigenvalue weighted by molar-refractivity contribution is -0.138. The van der Waals surface area contributed by atoms with Gasteiger partial charge in [0.1, 0.15) is 18.3 Å². The summed E-state index contributed by atoms with van der Waals surface area (Å²) in [6.07, 6.45) is -0.366. The summed E-state index contributed by atoms with van der Waals surface area (Å²) in [4.78, 5) is 45.5. The maximum Gasteiger partial charge on any atom is 0.322 e. The number of carbonyl (C=O) groups is 4. The number of amides is 3. The molecule has 25 heavy (non-hydrogen) atoms. The molecule has 0 aliphatic carbocycles. The molecule has 0 saturated carbocycles. The van der Waals surface area contributed by atoms with Gasteiger partial charge in [-0.05, 0) is 24.1 Å². The summed E-state index contributed by atoms with van der Waals surface area (Å²) < 4.78 is 0. The van der Waals surface area contributed by atoms with Crippen molar-refractivity contribution in [2.45, 2.75) is 24.9 Å². The summed E-state index contributed by atoms with van der Waals surface area (Å²) in [5.74, 6) is -3.61. The smallest absolute Gasteiger partial charge is 0.322 e. The average molecular weight is 352 g/mol. The number of phenols is 1. The first-order chi connectivity index (χ1) is 11.7. The third-order valence-corrected chi connectivity index (χ3v) is 3.18. The maximum absolute atomic E-state index is 12.1. The van der Waals surface area contributed by atoms with Crippen molar-refractivity contribution in [3.63, 3.8) is 0 Å². The van der Waals surface area contributed by atoms with Gasteiger partial charge in [-0.15, -0.1) is 0 Å². The number of carboxylic acids is 1. The van der Waals surface area contributed by atoms with Gasteiger partial charge in [0.25, 0.3) is 0 Å². The molecule has 0 unspecified atom stereocenters. The van der Waals surface area contributed by atoms with Crippen molar-refractivity contribution in [3.05, 3.63) is 29.8 Å². The summed E-state index contributed by atoms with van der Waals surface area (Å²) in [5.41, 5.74) is 11.5. The van der Waals surface area contributed by atoms with Gasteiger partial charge < -0.3 is 32.3 Å². The largest absolute Gasteiger partial charge is 0.508 e. The van der Waals surface area contributed by atoms with Crippen LogP contribution < -0.4 is 22.1 Å². The first-order valence-electron chi connectivity index (χ1n) is 7.30.